The highest BCUT2D eigenvalue weighted by Gasteiger charge is 2.35. The Morgan fingerprint density at radius 3 is 2.38 bits per heavy atom. The van der Waals surface area contributed by atoms with Crippen LogP contribution in [0.5, 0.6) is 0 Å². The lowest BCUT2D eigenvalue weighted by Gasteiger charge is -2.26. The van der Waals surface area contributed by atoms with Crippen LogP contribution in [0.4, 0.5) is 10.1 Å². The Morgan fingerprint density at radius 2 is 1.90 bits per heavy atom. The van der Waals surface area contributed by atoms with E-state index in [0.717, 1.165) is 12.8 Å². The predicted octanol–water partition coefficient (Wildman–Crippen LogP) is 1.06. The Balaban J connectivity index is 2.09. The monoisotopic (exact) mass is 294 g/mol. The van der Waals surface area contributed by atoms with Gasteiger partial charge in [0, 0.05) is 18.7 Å². The summed E-state index contributed by atoms with van der Waals surface area (Å²) in [6.07, 6.45) is 0.629. The topological polar surface area (TPSA) is 69.6 Å². The third-order valence-electron chi connectivity index (χ3n) is 3.54. The van der Waals surface area contributed by atoms with Crippen LogP contribution in [0.15, 0.2) is 24.3 Å². The second kappa shape index (κ2) is 6.22. The van der Waals surface area contributed by atoms with Crippen molar-refractivity contribution in [1.29, 1.82) is 0 Å². The number of benzene rings is 1. The molecule has 0 heterocycles. The summed E-state index contributed by atoms with van der Waals surface area (Å²) >= 11 is 0. The molecule has 0 saturated heterocycles. The molecule has 114 valence electrons. The lowest BCUT2D eigenvalue weighted by molar-refractivity contribution is -0.130. The molecular formula is C15H19FN2O3. The summed E-state index contributed by atoms with van der Waals surface area (Å²) in [5.41, 5.74) is 0.493. The van der Waals surface area contributed by atoms with Crippen LogP contribution in [0, 0.1) is 11.7 Å². The van der Waals surface area contributed by atoms with Gasteiger partial charge >= 0.3 is 0 Å². The second-order valence-corrected chi connectivity index (χ2v) is 5.37. The molecule has 2 amide bonds. The van der Waals surface area contributed by atoms with Crippen LogP contribution in [0.25, 0.3) is 0 Å². The highest BCUT2D eigenvalue weighted by molar-refractivity contribution is 5.99. The molecule has 6 heteroatoms. The van der Waals surface area contributed by atoms with E-state index in [9.17, 15) is 19.1 Å². The van der Waals surface area contributed by atoms with Gasteiger partial charge < -0.3 is 15.3 Å². The molecule has 1 aromatic carbocycles. The molecule has 2 rings (SSSR count). The van der Waals surface area contributed by atoms with E-state index in [-0.39, 0.29) is 11.8 Å². The van der Waals surface area contributed by atoms with Crippen molar-refractivity contribution < 1.29 is 19.1 Å². The number of nitrogens with one attached hydrogen (secondary N) is 1. The van der Waals surface area contributed by atoms with Gasteiger partial charge in [0.2, 0.25) is 5.91 Å². The Bertz CT molecular complexity index is 526. The van der Waals surface area contributed by atoms with Gasteiger partial charge in [-0.15, -0.1) is 0 Å². The summed E-state index contributed by atoms with van der Waals surface area (Å²) in [5, 5.41) is 12.3. The maximum atomic E-state index is 12.9. The molecule has 0 aromatic heterocycles. The number of hydrogen-bond donors (Lipinski definition) is 2. The fraction of sp³-hybridized carbons (Fsp3) is 0.467. The van der Waals surface area contributed by atoms with Gasteiger partial charge in [0.05, 0.1) is 6.10 Å². The van der Waals surface area contributed by atoms with Gasteiger partial charge in [0.15, 0.2) is 0 Å². The Kier molecular flexibility index (Phi) is 4.57. The maximum absolute atomic E-state index is 12.9. The van der Waals surface area contributed by atoms with Gasteiger partial charge in [-0.3, -0.25) is 9.59 Å². The summed E-state index contributed by atoms with van der Waals surface area (Å²) in [4.78, 5) is 25.5. The van der Waals surface area contributed by atoms with Crippen LogP contribution >= 0.6 is 0 Å². The largest absolute Gasteiger partial charge is 0.391 e. The molecule has 2 unspecified atom stereocenters. The number of nitrogens with zero attached hydrogens (tertiary/aromatic N) is 1. The van der Waals surface area contributed by atoms with Crippen LogP contribution in [-0.4, -0.2) is 36.1 Å². The summed E-state index contributed by atoms with van der Waals surface area (Å²) in [5.74, 6) is -1.09. The SMILES string of the molecule is CC(O)C(NC(=O)C1CC1)C(=O)N(C)c1ccc(F)cc1. The summed E-state index contributed by atoms with van der Waals surface area (Å²) in [7, 11) is 1.52. The number of anilines is 1. The first-order chi connectivity index (χ1) is 9.90. The number of aliphatic hydroxyl groups is 1. The number of carbonyl (C=O) groups excluding carboxylic acids is 2. The Morgan fingerprint density at radius 1 is 1.33 bits per heavy atom. The number of hydrogen-bond acceptors (Lipinski definition) is 3. The molecule has 1 fully saturated rings. The zero-order valence-electron chi connectivity index (χ0n) is 12.0. The molecule has 21 heavy (non-hydrogen) atoms. The van der Waals surface area contributed by atoms with Crippen LogP contribution in [0.3, 0.4) is 0 Å². The lowest BCUT2D eigenvalue weighted by atomic mass is 10.1. The van der Waals surface area contributed by atoms with Crippen LogP contribution in [0.1, 0.15) is 19.8 Å². The molecule has 2 N–H and O–H groups in total. The molecule has 1 aromatic rings. The predicted molar refractivity (Wildman–Crippen MR) is 76.1 cm³/mol. The summed E-state index contributed by atoms with van der Waals surface area (Å²) in [6, 6.07) is 4.43. The van der Waals surface area contributed by atoms with Crippen molar-refractivity contribution in [3.63, 3.8) is 0 Å². The highest BCUT2D eigenvalue weighted by Crippen LogP contribution is 2.29. The zero-order valence-corrected chi connectivity index (χ0v) is 12.0. The number of amides is 2. The van der Waals surface area contributed by atoms with Gasteiger partial charge in [-0.25, -0.2) is 4.39 Å². The smallest absolute Gasteiger partial charge is 0.251 e. The van der Waals surface area contributed by atoms with Crippen LogP contribution < -0.4 is 10.2 Å². The second-order valence-electron chi connectivity index (χ2n) is 5.37. The molecule has 1 aliphatic carbocycles. The van der Waals surface area contributed by atoms with E-state index in [0.29, 0.717) is 5.69 Å². The van der Waals surface area contributed by atoms with E-state index >= 15 is 0 Å². The normalized spacial score (nSPS) is 17.0. The van der Waals surface area contributed by atoms with E-state index in [1.807, 2.05) is 0 Å². The third kappa shape index (κ3) is 3.78. The molecule has 0 spiro atoms. The lowest BCUT2D eigenvalue weighted by Crippen LogP contribution is -2.53. The first kappa shape index (κ1) is 15.4. The number of aliphatic hydroxyl groups excluding tert-OH is 1. The van der Waals surface area contributed by atoms with Gasteiger partial charge in [-0.2, -0.15) is 0 Å². The minimum absolute atomic E-state index is 0.0461. The van der Waals surface area contributed by atoms with Crippen molar-refractivity contribution in [3.8, 4) is 0 Å². The summed E-state index contributed by atoms with van der Waals surface area (Å²) < 4.78 is 12.9. The molecular weight excluding hydrogens is 275 g/mol. The van der Waals surface area contributed by atoms with E-state index in [1.54, 1.807) is 0 Å². The molecule has 1 aliphatic rings. The van der Waals surface area contributed by atoms with Crippen molar-refractivity contribution in [2.75, 3.05) is 11.9 Å². The van der Waals surface area contributed by atoms with Crippen LogP contribution in [0.2, 0.25) is 0 Å². The van der Waals surface area contributed by atoms with Gasteiger partial charge in [-0.05, 0) is 44.0 Å². The first-order valence-corrected chi connectivity index (χ1v) is 6.91. The van der Waals surface area contributed by atoms with Gasteiger partial charge in [0.25, 0.3) is 5.91 Å². The summed E-state index contributed by atoms with van der Waals surface area (Å²) in [6.45, 7) is 1.45. The van der Waals surface area contributed by atoms with Crippen LogP contribution in [-0.2, 0) is 9.59 Å². The Hall–Kier alpha value is -1.95. The van der Waals surface area contributed by atoms with E-state index in [2.05, 4.69) is 5.32 Å². The number of likely N-dealkylation sites (N-methyl/N-ethyl adjacent to an activating group) is 1. The quantitative estimate of drug-likeness (QED) is 0.853. The van der Waals surface area contributed by atoms with Crippen molar-refractivity contribution >= 4 is 17.5 Å². The highest BCUT2D eigenvalue weighted by atomic mass is 19.1. The third-order valence-corrected chi connectivity index (χ3v) is 3.54. The van der Waals surface area contributed by atoms with Crippen molar-refractivity contribution in [1.82, 2.24) is 5.32 Å². The molecule has 5 nitrogen and oxygen atoms in total. The molecule has 0 aliphatic heterocycles. The van der Waals surface area contributed by atoms with Crippen molar-refractivity contribution in [2.24, 2.45) is 5.92 Å². The van der Waals surface area contributed by atoms with E-state index in [4.69, 9.17) is 0 Å². The number of carbonyl (C=O) groups is 2. The molecule has 1 saturated carbocycles. The molecule has 2 atom stereocenters. The minimum Gasteiger partial charge on any atom is -0.391 e. The van der Waals surface area contributed by atoms with E-state index in [1.165, 1.54) is 43.1 Å². The van der Waals surface area contributed by atoms with E-state index < -0.39 is 23.9 Å². The molecule has 0 radical (unpaired) electrons. The minimum atomic E-state index is -1.01. The average Bonchev–Trinajstić information content (AvgIpc) is 3.28. The standard InChI is InChI=1S/C15H19FN2O3/c1-9(19)13(17-14(20)10-3-4-10)15(21)18(2)12-7-5-11(16)6-8-12/h5-10,13,19H,3-4H2,1-2H3,(H,17,20). The Labute approximate surface area is 122 Å². The average molecular weight is 294 g/mol. The first-order valence-electron chi connectivity index (χ1n) is 6.91. The number of rotatable bonds is 5. The number of halogens is 1. The fourth-order valence-corrected chi connectivity index (χ4v) is 2.01. The fourth-order valence-electron chi connectivity index (χ4n) is 2.01. The zero-order chi connectivity index (χ0) is 15.6. The van der Waals surface area contributed by atoms with Crippen molar-refractivity contribution in [2.45, 2.75) is 31.9 Å². The molecule has 0 bridgehead atoms. The maximum Gasteiger partial charge on any atom is 0.251 e. The van der Waals surface area contributed by atoms with Crippen molar-refractivity contribution in [3.05, 3.63) is 30.1 Å². The van der Waals surface area contributed by atoms with Gasteiger partial charge in [-0.1, -0.05) is 0 Å². The van der Waals surface area contributed by atoms with Gasteiger partial charge in [0.1, 0.15) is 11.9 Å².